The molecule has 3 heterocycles. The maximum Gasteiger partial charge on any atom is 0.330 e. The number of anilines is 1. The van der Waals surface area contributed by atoms with Crippen LogP contribution in [0.5, 0.6) is 29.3 Å². The highest BCUT2D eigenvalue weighted by atomic mass is 16.5. The molecule has 3 aromatic carbocycles. The van der Waals surface area contributed by atoms with Crippen molar-refractivity contribution in [3.8, 4) is 29.3 Å². The van der Waals surface area contributed by atoms with Crippen molar-refractivity contribution in [3.63, 3.8) is 0 Å². The Balaban J connectivity index is 1.24. The number of benzene rings is 3. The minimum Gasteiger partial charge on any atom is -0.493 e. The predicted molar refractivity (Wildman–Crippen MR) is 148 cm³/mol. The second-order valence-corrected chi connectivity index (χ2v) is 9.39. The Hall–Kier alpha value is -4.53. The number of nitrogens with zero attached hydrogens (tertiary/aromatic N) is 4. The highest BCUT2D eigenvalue weighted by Gasteiger charge is 2.18. The van der Waals surface area contributed by atoms with Crippen LogP contribution >= 0.6 is 0 Å². The quantitative estimate of drug-likeness (QED) is 0.223. The summed E-state index contributed by atoms with van der Waals surface area (Å²) in [4.78, 5) is 15.9. The van der Waals surface area contributed by atoms with E-state index < -0.39 is 0 Å². The van der Waals surface area contributed by atoms with Crippen LogP contribution in [0.4, 0.5) is 5.95 Å². The van der Waals surface area contributed by atoms with Gasteiger partial charge in [0, 0.05) is 30.3 Å². The van der Waals surface area contributed by atoms with Crippen LogP contribution < -0.4 is 23.8 Å². The topological polar surface area (TPSA) is 92.0 Å². The molecule has 1 saturated heterocycles. The summed E-state index contributed by atoms with van der Waals surface area (Å²) in [5.41, 5.74) is 2.69. The van der Waals surface area contributed by atoms with Gasteiger partial charge in [-0.15, -0.1) is 4.98 Å². The van der Waals surface area contributed by atoms with Crippen LogP contribution in [0.1, 0.15) is 24.8 Å². The number of hydrogen-bond donors (Lipinski definition) is 0. The van der Waals surface area contributed by atoms with E-state index >= 15 is 0 Å². The van der Waals surface area contributed by atoms with E-state index in [1.54, 1.807) is 14.2 Å². The van der Waals surface area contributed by atoms with E-state index in [9.17, 15) is 0 Å². The monoisotopic (exact) mass is 526 g/mol. The number of furan rings is 1. The normalized spacial score (nSPS) is 13.5. The number of piperidine rings is 1. The van der Waals surface area contributed by atoms with Crippen molar-refractivity contribution in [2.75, 3.05) is 38.8 Å². The Bertz CT molecular complexity index is 1600. The molecule has 1 fully saturated rings. The Kier molecular flexibility index (Phi) is 7.03. The number of hydrogen-bond acceptors (Lipinski definition) is 9. The highest BCUT2D eigenvalue weighted by molar-refractivity contribution is 6.05. The van der Waals surface area contributed by atoms with Crippen molar-refractivity contribution in [2.45, 2.75) is 25.7 Å². The number of rotatable bonds is 9. The maximum atomic E-state index is 6.16. The van der Waals surface area contributed by atoms with Crippen molar-refractivity contribution in [3.05, 3.63) is 66.2 Å². The van der Waals surface area contributed by atoms with Gasteiger partial charge < -0.3 is 28.3 Å². The van der Waals surface area contributed by atoms with Crippen LogP contribution in [0.15, 0.2) is 65.1 Å². The van der Waals surface area contributed by atoms with E-state index in [0.717, 1.165) is 53.4 Å². The molecule has 39 heavy (non-hydrogen) atoms. The second-order valence-electron chi connectivity index (χ2n) is 9.39. The van der Waals surface area contributed by atoms with Gasteiger partial charge in [-0.25, -0.2) is 0 Å². The fourth-order valence-corrected chi connectivity index (χ4v) is 4.84. The molecule has 0 atom stereocenters. The first-order valence-electron chi connectivity index (χ1n) is 13.1. The van der Waals surface area contributed by atoms with Gasteiger partial charge in [0.25, 0.3) is 0 Å². The Morgan fingerprint density at radius 2 is 1.56 bits per heavy atom. The number of fused-ring (bicyclic) bond motifs is 3. The zero-order valence-corrected chi connectivity index (χ0v) is 22.1. The third-order valence-electron chi connectivity index (χ3n) is 6.85. The van der Waals surface area contributed by atoms with E-state index in [1.165, 1.54) is 6.42 Å². The molecule has 0 bridgehead atoms. The van der Waals surface area contributed by atoms with E-state index in [-0.39, 0.29) is 12.0 Å². The largest absolute Gasteiger partial charge is 0.493 e. The summed E-state index contributed by atoms with van der Waals surface area (Å²) in [6.45, 7) is 2.16. The molecule has 0 aliphatic carbocycles. The van der Waals surface area contributed by atoms with Gasteiger partial charge in [0.1, 0.15) is 16.9 Å². The maximum absolute atomic E-state index is 6.16. The third kappa shape index (κ3) is 5.38. The fourth-order valence-electron chi connectivity index (χ4n) is 4.84. The molecule has 200 valence electrons. The zero-order chi connectivity index (χ0) is 26.6. The van der Waals surface area contributed by atoms with Crippen molar-refractivity contribution in [2.24, 2.45) is 0 Å². The standard InChI is InChI=1S/C30H30N4O5/c1-35-26-12-10-20(18-27(26)36-2)14-17-37-29-31-28(34-15-6-3-7-16-34)32-30(33-29)38-21-11-13-25-23(19-21)22-8-4-5-9-24(22)39-25/h4-5,8-13,18-19H,3,6-7,14-17H2,1-2H3. The van der Waals surface area contributed by atoms with Crippen molar-refractivity contribution < 1.29 is 23.4 Å². The average molecular weight is 527 g/mol. The van der Waals surface area contributed by atoms with Crippen molar-refractivity contribution in [1.29, 1.82) is 0 Å². The smallest absolute Gasteiger partial charge is 0.330 e. The molecule has 0 radical (unpaired) electrons. The van der Waals surface area contributed by atoms with Gasteiger partial charge in [-0.05, 0) is 61.2 Å². The summed E-state index contributed by atoms with van der Waals surface area (Å²) in [7, 11) is 3.25. The minimum absolute atomic E-state index is 0.193. The summed E-state index contributed by atoms with van der Waals surface area (Å²) in [5.74, 6) is 2.55. The van der Waals surface area contributed by atoms with Crippen LogP contribution in [0, 0.1) is 0 Å². The number of aromatic nitrogens is 3. The average Bonchev–Trinajstić information content (AvgIpc) is 3.35. The Labute approximate surface area is 226 Å². The molecule has 2 aromatic heterocycles. The van der Waals surface area contributed by atoms with Crippen LogP contribution in [0.2, 0.25) is 0 Å². The van der Waals surface area contributed by atoms with E-state index in [4.69, 9.17) is 23.4 Å². The summed E-state index contributed by atoms with van der Waals surface area (Å²) in [6.07, 6.45) is 4.05. The Morgan fingerprint density at radius 3 is 2.41 bits per heavy atom. The zero-order valence-electron chi connectivity index (χ0n) is 22.1. The van der Waals surface area contributed by atoms with Gasteiger partial charge in [0.05, 0.1) is 20.8 Å². The third-order valence-corrected chi connectivity index (χ3v) is 6.85. The first-order valence-corrected chi connectivity index (χ1v) is 13.1. The molecule has 1 aliphatic heterocycles. The van der Waals surface area contributed by atoms with Crippen LogP contribution in [-0.4, -0.2) is 48.9 Å². The molecule has 1 aliphatic rings. The number of para-hydroxylation sites is 1. The fraction of sp³-hybridized carbons (Fsp3) is 0.300. The molecule has 0 spiro atoms. The lowest BCUT2D eigenvalue weighted by atomic mass is 10.1. The lowest BCUT2D eigenvalue weighted by molar-refractivity contribution is 0.288. The van der Waals surface area contributed by atoms with Gasteiger partial charge in [0.15, 0.2) is 11.5 Å². The first kappa shape index (κ1) is 24.8. The van der Waals surface area contributed by atoms with E-state index in [0.29, 0.717) is 36.2 Å². The Morgan fingerprint density at radius 1 is 0.769 bits per heavy atom. The molecule has 5 aromatic rings. The SMILES string of the molecule is COc1ccc(CCOc2nc(Oc3ccc4oc5ccccc5c4c3)nc(N3CCCCC3)n2)cc1OC. The molecule has 0 amide bonds. The van der Waals surface area contributed by atoms with Gasteiger partial charge >= 0.3 is 12.0 Å². The molecule has 9 heteroatoms. The second kappa shape index (κ2) is 11.1. The molecule has 0 N–H and O–H groups in total. The van der Waals surface area contributed by atoms with Crippen LogP contribution in [0.25, 0.3) is 21.9 Å². The summed E-state index contributed by atoms with van der Waals surface area (Å²) in [5, 5.41) is 2.00. The predicted octanol–water partition coefficient (Wildman–Crippen LogP) is 6.19. The molecule has 0 saturated carbocycles. The van der Waals surface area contributed by atoms with Gasteiger partial charge in [-0.1, -0.05) is 24.3 Å². The molecular formula is C30H30N4O5. The van der Waals surface area contributed by atoms with Crippen LogP contribution in [0.3, 0.4) is 0 Å². The van der Waals surface area contributed by atoms with Gasteiger partial charge in [-0.2, -0.15) is 9.97 Å². The molecule has 6 rings (SSSR count). The van der Waals surface area contributed by atoms with E-state index in [2.05, 4.69) is 19.9 Å². The first-order chi connectivity index (χ1) is 19.2. The number of ether oxygens (including phenoxy) is 4. The van der Waals surface area contributed by atoms with Crippen molar-refractivity contribution >= 4 is 27.9 Å². The lowest BCUT2D eigenvalue weighted by Gasteiger charge is -2.26. The van der Waals surface area contributed by atoms with Crippen LogP contribution in [-0.2, 0) is 6.42 Å². The summed E-state index contributed by atoms with van der Waals surface area (Å²) < 4.78 is 28.9. The van der Waals surface area contributed by atoms with Crippen molar-refractivity contribution in [1.82, 2.24) is 15.0 Å². The summed E-state index contributed by atoms with van der Waals surface area (Å²) in [6, 6.07) is 19.9. The van der Waals surface area contributed by atoms with Gasteiger partial charge in [0.2, 0.25) is 5.95 Å². The highest BCUT2D eigenvalue weighted by Crippen LogP contribution is 2.33. The minimum atomic E-state index is 0.193. The molecule has 0 unspecified atom stereocenters. The van der Waals surface area contributed by atoms with Gasteiger partial charge in [-0.3, -0.25) is 0 Å². The summed E-state index contributed by atoms with van der Waals surface area (Å²) >= 11 is 0. The number of methoxy groups -OCH3 is 2. The van der Waals surface area contributed by atoms with E-state index in [1.807, 2.05) is 60.7 Å². The molecular weight excluding hydrogens is 496 g/mol. The molecule has 9 nitrogen and oxygen atoms in total. The lowest BCUT2D eigenvalue weighted by Crippen LogP contribution is -2.31.